The molecular weight excluding hydrogens is 412 g/mol. The van der Waals surface area contributed by atoms with Crippen LogP contribution in [0.2, 0.25) is 0 Å². The molecule has 1 fully saturated rings. The zero-order chi connectivity index (χ0) is 21.8. The Bertz CT molecular complexity index is 1110. The van der Waals surface area contributed by atoms with Crippen LogP contribution in [0.1, 0.15) is 18.9 Å². The second-order valence-corrected chi connectivity index (χ2v) is 7.36. The number of nitrogens with zero attached hydrogens (tertiary/aromatic N) is 3. The molecule has 0 spiro atoms. The molecule has 10 nitrogen and oxygen atoms in total. The van der Waals surface area contributed by atoms with Gasteiger partial charge in [-0.2, -0.15) is 12.8 Å². The maximum atomic E-state index is 12.7. The Morgan fingerprint density at radius 2 is 2.20 bits per heavy atom. The molecule has 3 rings (SSSR count). The molecule has 2 unspecified atom stereocenters. The van der Waals surface area contributed by atoms with Gasteiger partial charge in [0.05, 0.1) is 13.7 Å². The molecular formula is C19H22N4O6S. The van der Waals surface area contributed by atoms with Crippen molar-refractivity contribution in [3.05, 3.63) is 30.0 Å². The molecule has 1 aliphatic rings. The first-order valence-corrected chi connectivity index (χ1v) is 10.4. The number of pyridine rings is 1. The fourth-order valence-corrected chi connectivity index (χ4v) is 3.99. The number of hydrogen-bond donors (Lipinski definition) is 1. The smallest absolute Gasteiger partial charge is 0.329 e. The molecule has 160 valence electrons. The number of nitrogen functional groups attached to an aromatic ring is 1. The number of ether oxygens (including phenoxy) is 2. The van der Waals surface area contributed by atoms with Gasteiger partial charge in [-0.3, -0.25) is 4.79 Å². The first kappa shape index (κ1) is 21.5. The van der Waals surface area contributed by atoms with Crippen molar-refractivity contribution in [2.24, 2.45) is 4.36 Å². The van der Waals surface area contributed by atoms with Gasteiger partial charge in [0.2, 0.25) is 5.91 Å². The van der Waals surface area contributed by atoms with Gasteiger partial charge in [0.1, 0.15) is 23.7 Å². The number of anilines is 1. The third kappa shape index (κ3) is 4.35. The molecule has 0 radical (unpaired) electrons. The summed E-state index contributed by atoms with van der Waals surface area (Å²) in [6.07, 6.45) is 1.91. The van der Waals surface area contributed by atoms with E-state index in [0.717, 1.165) is 5.39 Å². The number of nitrogens with two attached hydrogens (primary N) is 1. The molecule has 2 heterocycles. The lowest BCUT2D eigenvalue weighted by molar-refractivity contribution is -0.153. The van der Waals surface area contributed by atoms with Crippen molar-refractivity contribution < 1.29 is 27.5 Å². The lowest BCUT2D eigenvalue weighted by Gasteiger charge is -2.27. The Morgan fingerprint density at radius 3 is 2.87 bits per heavy atom. The molecule has 1 aromatic heterocycles. The summed E-state index contributed by atoms with van der Waals surface area (Å²) >= 11 is 0. The van der Waals surface area contributed by atoms with Crippen LogP contribution in [0.5, 0.6) is 5.75 Å². The topological polar surface area (TPSA) is 141 Å². The predicted molar refractivity (Wildman–Crippen MR) is 108 cm³/mol. The van der Waals surface area contributed by atoms with Crippen LogP contribution in [0, 0.1) is 0 Å². The van der Waals surface area contributed by atoms with Gasteiger partial charge in [-0.1, -0.05) is 0 Å². The zero-order valence-electron chi connectivity index (χ0n) is 16.6. The van der Waals surface area contributed by atoms with Crippen molar-refractivity contribution in [2.45, 2.75) is 31.8 Å². The van der Waals surface area contributed by atoms with Gasteiger partial charge in [-0.05, 0) is 42.5 Å². The van der Waals surface area contributed by atoms with E-state index in [0.29, 0.717) is 22.5 Å². The molecule has 1 amide bonds. The normalized spacial score (nSPS) is 17.1. The number of fused-ring (bicyclic) bond motifs is 1. The minimum Gasteiger partial charge on any atom is -0.496 e. The monoisotopic (exact) mass is 434 g/mol. The summed E-state index contributed by atoms with van der Waals surface area (Å²) < 4.78 is 35.8. The average molecular weight is 434 g/mol. The zero-order valence-corrected chi connectivity index (χ0v) is 17.4. The summed E-state index contributed by atoms with van der Waals surface area (Å²) in [5.74, 6) is -0.259. The van der Waals surface area contributed by atoms with Crippen LogP contribution < -0.4 is 10.5 Å². The second kappa shape index (κ2) is 9.08. The number of carbonyl (C=O) groups is 2. The van der Waals surface area contributed by atoms with Crippen molar-refractivity contribution in [1.29, 1.82) is 0 Å². The highest BCUT2D eigenvalue weighted by molar-refractivity contribution is 7.61. The van der Waals surface area contributed by atoms with Crippen molar-refractivity contribution in [3.8, 4) is 5.75 Å². The van der Waals surface area contributed by atoms with Crippen LogP contribution >= 0.6 is 0 Å². The number of aromatic nitrogens is 1. The number of amides is 1. The lowest BCUT2D eigenvalue weighted by atomic mass is 10.00. The van der Waals surface area contributed by atoms with Gasteiger partial charge in [-0.25, -0.2) is 9.78 Å². The molecule has 0 saturated carbocycles. The number of esters is 1. The molecule has 1 aromatic carbocycles. The highest BCUT2D eigenvalue weighted by Crippen LogP contribution is 2.31. The molecule has 0 aliphatic carbocycles. The molecule has 2 aromatic rings. The van der Waals surface area contributed by atoms with E-state index in [4.69, 9.17) is 15.2 Å². The van der Waals surface area contributed by atoms with Gasteiger partial charge in [0.25, 0.3) is 0 Å². The van der Waals surface area contributed by atoms with Crippen LogP contribution in [0.3, 0.4) is 0 Å². The van der Waals surface area contributed by atoms with Crippen LogP contribution in [0.25, 0.3) is 10.8 Å². The van der Waals surface area contributed by atoms with Gasteiger partial charge in [0, 0.05) is 24.5 Å². The molecule has 11 heteroatoms. The van der Waals surface area contributed by atoms with E-state index in [1.807, 2.05) is 6.07 Å². The number of rotatable bonds is 7. The summed E-state index contributed by atoms with van der Waals surface area (Å²) in [4.78, 5) is 30.8. The SMILES string of the molecule is CCOC(=O)C(Cc1cc2ccnc(N)c2cc1OC)N1CCC(N=S(=O)=O)C1=O. The number of hydrogen-bond acceptors (Lipinski definition) is 9. The van der Waals surface area contributed by atoms with E-state index >= 15 is 0 Å². The Hall–Kier alpha value is -3.21. The highest BCUT2D eigenvalue weighted by Gasteiger charge is 2.40. The summed E-state index contributed by atoms with van der Waals surface area (Å²) in [6.45, 7) is 2.01. The third-order valence-corrected chi connectivity index (χ3v) is 5.40. The maximum absolute atomic E-state index is 12.7. The maximum Gasteiger partial charge on any atom is 0.329 e. The van der Waals surface area contributed by atoms with E-state index in [1.54, 1.807) is 25.3 Å². The molecule has 2 N–H and O–H groups in total. The summed E-state index contributed by atoms with van der Waals surface area (Å²) in [7, 11) is -1.21. The molecule has 1 aliphatic heterocycles. The lowest BCUT2D eigenvalue weighted by Crippen LogP contribution is -2.45. The van der Waals surface area contributed by atoms with Crippen molar-refractivity contribution in [3.63, 3.8) is 0 Å². The van der Waals surface area contributed by atoms with Crippen LogP contribution in [-0.2, 0) is 31.2 Å². The van der Waals surface area contributed by atoms with Crippen molar-refractivity contribution in [1.82, 2.24) is 9.88 Å². The Kier molecular flexibility index (Phi) is 6.50. The number of likely N-dealkylation sites (tertiary alicyclic amines) is 1. The first-order valence-electron chi connectivity index (χ1n) is 9.34. The largest absolute Gasteiger partial charge is 0.496 e. The fraction of sp³-hybridized carbons (Fsp3) is 0.421. The van der Waals surface area contributed by atoms with Gasteiger partial charge in [0.15, 0.2) is 0 Å². The number of methoxy groups -OCH3 is 1. The first-order chi connectivity index (χ1) is 14.3. The quantitative estimate of drug-likeness (QED) is 0.635. The molecule has 30 heavy (non-hydrogen) atoms. The van der Waals surface area contributed by atoms with Gasteiger partial charge >= 0.3 is 16.5 Å². The Morgan fingerprint density at radius 1 is 1.43 bits per heavy atom. The Balaban J connectivity index is 1.99. The van der Waals surface area contributed by atoms with E-state index in [9.17, 15) is 18.0 Å². The third-order valence-electron chi connectivity index (χ3n) is 4.97. The van der Waals surface area contributed by atoms with Gasteiger partial charge < -0.3 is 20.1 Å². The minimum atomic E-state index is -2.71. The molecule has 0 bridgehead atoms. The fourth-order valence-electron chi connectivity index (χ4n) is 3.59. The van der Waals surface area contributed by atoms with Crippen molar-refractivity contribution >= 4 is 39.0 Å². The minimum absolute atomic E-state index is 0.124. The van der Waals surface area contributed by atoms with Crippen molar-refractivity contribution in [2.75, 3.05) is 26.0 Å². The van der Waals surface area contributed by atoms with E-state index in [-0.39, 0.29) is 26.0 Å². The van der Waals surface area contributed by atoms with Crippen LogP contribution in [-0.4, -0.2) is 62.5 Å². The van der Waals surface area contributed by atoms with E-state index < -0.39 is 34.5 Å². The van der Waals surface area contributed by atoms with Gasteiger partial charge in [-0.15, -0.1) is 0 Å². The van der Waals surface area contributed by atoms with E-state index in [1.165, 1.54) is 12.0 Å². The highest BCUT2D eigenvalue weighted by atomic mass is 32.2. The standard InChI is InChI=1S/C19H22N4O6S/c1-3-29-19(25)15(23-7-5-14(18(23)24)22-30(26)27)9-12-8-11-4-6-21-17(20)13(11)10-16(12)28-2/h4,6,8,10,14-15H,3,5,7,9H2,1-2H3,(H2,20,21). The average Bonchev–Trinajstić information content (AvgIpc) is 3.05. The Labute approximate surface area is 174 Å². The number of carbonyl (C=O) groups excluding carboxylic acids is 2. The predicted octanol–water partition coefficient (Wildman–Crippen LogP) is 0.963. The van der Waals surface area contributed by atoms with Crippen LogP contribution in [0.15, 0.2) is 28.8 Å². The summed E-state index contributed by atoms with van der Waals surface area (Å²) in [6, 6.07) is 3.38. The number of benzene rings is 1. The summed E-state index contributed by atoms with van der Waals surface area (Å²) in [5, 5.41) is 1.52. The summed E-state index contributed by atoms with van der Waals surface area (Å²) in [5.41, 5.74) is 6.61. The van der Waals surface area contributed by atoms with E-state index in [2.05, 4.69) is 9.35 Å². The molecule has 1 saturated heterocycles. The van der Waals surface area contributed by atoms with Crippen LogP contribution in [0.4, 0.5) is 5.82 Å². The second-order valence-electron chi connectivity index (χ2n) is 6.71. The molecule has 2 atom stereocenters.